The minimum Gasteiger partial charge on any atom is -0.489 e. The number of nitriles is 1. The van der Waals surface area contributed by atoms with Gasteiger partial charge in [0.25, 0.3) is 0 Å². The smallest absolute Gasteiger partial charge is 0.181 e. The number of nitrogens with zero attached hydrogens (tertiary/aromatic N) is 4. The van der Waals surface area contributed by atoms with E-state index in [2.05, 4.69) is 32.3 Å². The van der Waals surface area contributed by atoms with Gasteiger partial charge in [-0.2, -0.15) is 10.4 Å². The fourth-order valence-electron chi connectivity index (χ4n) is 4.45. The van der Waals surface area contributed by atoms with E-state index in [1.165, 1.54) is 0 Å². The maximum Gasteiger partial charge on any atom is 0.181 e. The highest BCUT2D eigenvalue weighted by Crippen LogP contribution is 2.45. The molecule has 8 heteroatoms. The van der Waals surface area contributed by atoms with Crippen LogP contribution in [-0.4, -0.2) is 32.7 Å². The Bertz CT molecular complexity index is 1330. The van der Waals surface area contributed by atoms with Gasteiger partial charge in [0.15, 0.2) is 11.4 Å². The van der Waals surface area contributed by atoms with Crippen LogP contribution >= 0.6 is 23.2 Å². The van der Waals surface area contributed by atoms with Crippen LogP contribution in [0.3, 0.4) is 0 Å². The first kappa shape index (κ1) is 20.7. The molecule has 0 saturated heterocycles. The molecule has 1 atom stereocenters. The number of hydrogen-bond donors (Lipinski definition) is 1. The molecule has 3 aromatic heterocycles. The molecule has 5 rings (SSSR count). The van der Waals surface area contributed by atoms with Gasteiger partial charge >= 0.3 is 0 Å². The van der Waals surface area contributed by atoms with Gasteiger partial charge in [-0.1, -0.05) is 11.6 Å². The van der Waals surface area contributed by atoms with Crippen LogP contribution in [0.2, 0.25) is 5.02 Å². The summed E-state index contributed by atoms with van der Waals surface area (Å²) in [5.74, 6) is 0.844. The number of aromatic nitrogens is 4. The third-order valence-corrected chi connectivity index (χ3v) is 6.45. The number of fused-ring (bicyclic) bond motifs is 2. The second-order valence-corrected chi connectivity index (χ2v) is 8.46. The van der Waals surface area contributed by atoms with Crippen LogP contribution in [-0.2, 0) is 6.42 Å². The number of benzene rings is 1. The van der Waals surface area contributed by atoms with Crippen molar-refractivity contribution in [3.8, 4) is 23.1 Å². The molecule has 32 heavy (non-hydrogen) atoms. The van der Waals surface area contributed by atoms with Gasteiger partial charge in [-0.3, -0.25) is 10.1 Å². The Kier molecular flexibility index (Phi) is 5.69. The molecular weight excluding hydrogens is 445 g/mol. The van der Waals surface area contributed by atoms with Crippen molar-refractivity contribution in [1.82, 2.24) is 20.2 Å². The van der Waals surface area contributed by atoms with Crippen LogP contribution in [0.5, 0.6) is 5.75 Å². The summed E-state index contributed by atoms with van der Waals surface area (Å²) in [6.07, 6.45) is 8.16. The van der Waals surface area contributed by atoms with Crippen molar-refractivity contribution in [3.05, 3.63) is 70.1 Å². The lowest BCUT2D eigenvalue weighted by molar-refractivity contribution is 0.341. The molecule has 1 unspecified atom stereocenters. The van der Waals surface area contributed by atoms with Crippen LogP contribution in [0.15, 0.2) is 42.9 Å². The lowest BCUT2D eigenvalue weighted by Gasteiger charge is -2.28. The van der Waals surface area contributed by atoms with Crippen molar-refractivity contribution in [1.29, 1.82) is 5.26 Å². The summed E-state index contributed by atoms with van der Waals surface area (Å²) < 4.78 is 5.71. The highest BCUT2D eigenvalue weighted by molar-refractivity contribution is 6.33. The zero-order valence-electron chi connectivity index (χ0n) is 17.1. The number of H-pyrrole nitrogens is 1. The zero-order valence-corrected chi connectivity index (χ0v) is 18.6. The van der Waals surface area contributed by atoms with E-state index in [-0.39, 0.29) is 5.92 Å². The summed E-state index contributed by atoms with van der Waals surface area (Å²) in [5.41, 5.74) is 6.18. The second kappa shape index (κ2) is 8.78. The first-order chi connectivity index (χ1) is 15.7. The predicted octanol–water partition coefficient (Wildman–Crippen LogP) is 5.63. The quantitative estimate of drug-likeness (QED) is 0.387. The number of aromatic amines is 1. The van der Waals surface area contributed by atoms with E-state index in [1.54, 1.807) is 12.4 Å². The average molecular weight is 464 g/mol. The molecule has 0 spiro atoms. The van der Waals surface area contributed by atoms with E-state index in [0.29, 0.717) is 34.5 Å². The highest BCUT2D eigenvalue weighted by atomic mass is 35.5. The van der Waals surface area contributed by atoms with Crippen molar-refractivity contribution in [2.45, 2.75) is 25.2 Å². The van der Waals surface area contributed by atoms with Gasteiger partial charge in [-0.15, -0.1) is 11.6 Å². The summed E-state index contributed by atoms with van der Waals surface area (Å²) in [6, 6.07) is 10.2. The van der Waals surface area contributed by atoms with Crippen molar-refractivity contribution < 1.29 is 4.74 Å². The molecule has 4 aromatic rings. The van der Waals surface area contributed by atoms with Gasteiger partial charge in [-0.05, 0) is 60.2 Å². The highest BCUT2D eigenvalue weighted by Gasteiger charge is 2.28. The van der Waals surface area contributed by atoms with E-state index >= 15 is 0 Å². The first-order valence-corrected chi connectivity index (χ1v) is 11.3. The molecule has 6 nitrogen and oxygen atoms in total. The predicted molar refractivity (Wildman–Crippen MR) is 124 cm³/mol. The van der Waals surface area contributed by atoms with E-state index in [9.17, 15) is 5.26 Å². The van der Waals surface area contributed by atoms with Crippen LogP contribution in [0.4, 0.5) is 0 Å². The molecular formula is C24H19Cl2N5O. The van der Waals surface area contributed by atoms with E-state index < -0.39 is 0 Å². The van der Waals surface area contributed by atoms with Crippen LogP contribution in [0.25, 0.3) is 22.3 Å². The van der Waals surface area contributed by atoms with Crippen molar-refractivity contribution >= 4 is 34.2 Å². The maximum absolute atomic E-state index is 9.73. The minimum absolute atomic E-state index is 0.0857. The topological polar surface area (TPSA) is 87.5 Å². The molecule has 0 fully saturated rings. The van der Waals surface area contributed by atoms with E-state index in [1.807, 2.05) is 24.4 Å². The minimum atomic E-state index is 0.0857. The number of halogens is 2. The van der Waals surface area contributed by atoms with Crippen molar-refractivity contribution in [2.24, 2.45) is 0 Å². The summed E-state index contributed by atoms with van der Waals surface area (Å²) in [5, 5.41) is 18.7. The Morgan fingerprint density at radius 2 is 2.09 bits per heavy atom. The molecule has 0 saturated carbocycles. The van der Waals surface area contributed by atoms with Gasteiger partial charge in [0.1, 0.15) is 12.7 Å². The van der Waals surface area contributed by atoms with Gasteiger partial charge in [0, 0.05) is 35.5 Å². The van der Waals surface area contributed by atoms with Crippen LogP contribution in [0, 0.1) is 11.3 Å². The number of hydrogen-bond acceptors (Lipinski definition) is 5. The molecule has 1 N–H and O–H groups in total. The van der Waals surface area contributed by atoms with Crippen molar-refractivity contribution in [2.75, 3.05) is 12.5 Å². The molecule has 0 radical (unpaired) electrons. The Balaban J connectivity index is 1.61. The van der Waals surface area contributed by atoms with Crippen LogP contribution in [0.1, 0.15) is 41.0 Å². The Labute approximate surface area is 195 Å². The SMILES string of the molecule is N#Cc1cc2c(c(Cl)c1OCCCl)CCCC2c1cnc2n[nH]c(-c3ccncc3)c2c1. The molecule has 1 aromatic carbocycles. The Morgan fingerprint density at radius 3 is 2.88 bits per heavy atom. The second-order valence-electron chi connectivity index (χ2n) is 7.70. The third kappa shape index (κ3) is 3.58. The number of pyridine rings is 2. The maximum atomic E-state index is 9.73. The standard InChI is InChI=1S/C24H19Cl2N5O/c25-6-9-32-23-15(12-27)10-19-17(2-1-3-18(19)21(23)26)16-11-20-22(14-4-7-28-8-5-14)30-31-24(20)29-13-16/h4-5,7-8,10-11,13,17H,1-3,6,9H2,(H,29,30,31). The number of ether oxygens (including phenoxy) is 1. The summed E-state index contributed by atoms with van der Waals surface area (Å²) in [7, 11) is 0. The first-order valence-electron chi connectivity index (χ1n) is 10.4. The van der Waals surface area contributed by atoms with E-state index in [4.69, 9.17) is 27.9 Å². The number of nitrogens with one attached hydrogen (secondary N) is 1. The molecule has 0 bridgehead atoms. The van der Waals surface area contributed by atoms with Crippen molar-refractivity contribution in [3.63, 3.8) is 0 Å². The molecule has 3 heterocycles. The molecule has 0 amide bonds. The van der Waals surface area contributed by atoms with Gasteiger partial charge in [-0.25, -0.2) is 4.98 Å². The third-order valence-electron chi connectivity index (χ3n) is 5.90. The fraction of sp³-hybridized carbons (Fsp3) is 0.250. The van der Waals surface area contributed by atoms with Crippen LogP contribution < -0.4 is 4.74 Å². The fourth-order valence-corrected chi connectivity index (χ4v) is 4.89. The number of rotatable bonds is 5. The van der Waals surface area contributed by atoms with E-state index in [0.717, 1.165) is 52.6 Å². The Morgan fingerprint density at radius 1 is 1.25 bits per heavy atom. The van der Waals surface area contributed by atoms with Gasteiger partial charge in [0.05, 0.1) is 22.2 Å². The normalized spacial score (nSPS) is 15.3. The summed E-state index contributed by atoms with van der Waals surface area (Å²) >= 11 is 12.5. The summed E-state index contributed by atoms with van der Waals surface area (Å²) in [4.78, 5) is 8.70. The average Bonchev–Trinajstić information content (AvgIpc) is 3.27. The Hall–Kier alpha value is -3.14. The van der Waals surface area contributed by atoms with Gasteiger partial charge in [0.2, 0.25) is 0 Å². The largest absolute Gasteiger partial charge is 0.489 e. The number of alkyl halides is 1. The molecule has 1 aliphatic rings. The molecule has 160 valence electrons. The zero-order chi connectivity index (χ0) is 22.1. The summed E-state index contributed by atoms with van der Waals surface area (Å²) in [6.45, 7) is 0.303. The lowest BCUT2D eigenvalue weighted by Crippen LogP contribution is -2.14. The monoisotopic (exact) mass is 463 g/mol. The molecule has 0 aliphatic heterocycles. The lowest BCUT2D eigenvalue weighted by atomic mass is 9.78. The molecule has 1 aliphatic carbocycles. The van der Waals surface area contributed by atoms with Gasteiger partial charge < -0.3 is 4.74 Å².